The summed E-state index contributed by atoms with van der Waals surface area (Å²) in [5, 5.41) is 3.35. The van der Waals surface area contributed by atoms with E-state index in [4.69, 9.17) is 0 Å². The minimum absolute atomic E-state index is 0.0367. The second-order valence-corrected chi connectivity index (χ2v) is 6.47. The van der Waals surface area contributed by atoms with Crippen LogP contribution < -0.4 is 10.9 Å². The molecular formula is C18H23N5O2. The van der Waals surface area contributed by atoms with Gasteiger partial charge in [-0.2, -0.15) is 0 Å². The Labute approximate surface area is 146 Å². The van der Waals surface area contributed by atoms with Crippen molar-refractivity contribution in [3.63, 3.8) is 0 Å². The molecule has 2 aromatic heterocycles. The van der Waals surface area contributed by atoms with Crippen molar-refractivity contribution in [2.45, 2.75) is 39.3 Å². The van der Waals surface area contributed by atoms with Crippen LogP contribution in [0.5, 0.6) is 0 Å². The highest BCUT2D eigenvalue weighted by Gasteiger charge is 2.28. The number of hydrogen-bond acceptors (Lipinski definition) is 5. The molecule has 0 spiro atoms. The summed E-state index contributed by atoms with van der Waals surface area (Å²) in [5.41, 5.74) is 1.48. The molecule has 7 nitrogen and oxygen atoms in total. The zero-order valence-corrected chi connectivity index (χ0v) is 14.7. The van der Waals surface area contributed by atoms with Gasteiger partial charge < -0.3 is 15.2 Å². The number of nitrogens with one attached hydrogen (secondary N) is 2. The number of rotatable bonds is 3. The van der Waals surface area contributed by atoms with Crippen LogP contribution in [0.15, 0.2) is 29.3 Å². The van der Waals surface area contributed by atoms with Gasteiger partial charge in [0.1, 0.15) is 5.82 Å². The van der Waals surface area contributed by atoms with Gasteiger partial charge in [-0.15, -0.1) is 0 Å². The minimum atomic E-state index is -0.268. The van der Waals surface area contributed by atoms with Gasteiger partial charge in [0.15, 0.2) is 0 Å². The molecule has 0 aromatic carbocycles. The van der Waals surface area contributed by atoms with Crippen LogP contribution >= 0.6 is 0 Å². The highest BCUT2D eigenvalue weighted by atomic mass is 16.2. The zero-order chi connectivity index (χ0) is 18.0. The minimum Gasteiger partial charge on any atom is -0.337 e. The smallest absolute Gasteiger partial charge is 0.255 e. The topological polar surface area (TPSA) is 91.0 Å². The molecule has 0 bridgehead atoms. The molecule has 1 aliphatic heterocycles. The number of pyridine rings is 1. The first-order valence-corrected chi connectivity index (χ1v) is 8.50. The summed E-state index contributed by atoms with van der Waals surface area (Å²) in [6, 6.07) is 3.96. The fourth-order valence-corrected chi connectivity index (χ4v) is 3.12. The first-order chi connectivity index (χ1) is 12.0. The standard InChI is InChI=1S/C18H23N5O2/c1-11-13(3)23(8-7-20-11)16(24)9-15-12(2)21-17(22-18(15)25)14-5-4-6-19-10-14/h4-6,10-11,13,20H,7-9H2,1-3H3,(H,21,22,25). The monoisotopic (exact) mass is 341 g/mol. The van der Waals surface area contributed by atoms with Crippen LogP contribution in [0.2, 0.25) is 0 Å². The number of nitrogens with zero attached hydrogens (tertiary/aromatic N) is 3. The molecule has 0 radical (unpaired) electrons. The summed E-state index contributed by atoms with van der Waals surface area (Å²) in [6.07, 6.45) is 3.38. The third kappa shape index (κ3) is 3.61. The molecule has 1 fully saturated rings. The molecule has 2 aromatic rings. The van der Waals surface area contributed by atoms with Gasteiger partial charge in [-0.25, -0.2) is 4.98 Å². The molecule has 132 valence electrons. The van der Waals surface area contributed by atoms with Crippen molar-refractivity contribution in [2.24, 2.45) is 0 Å². The number of aryl methyl sites for hydroxylation is 1. The van der Waals surface area contributed by atoms with Crippen LogP contribution in [-0.2, 0) is 11.2 Å². The molecule has 25 heavy (non-hydrogen) atoms. The highest BCUT2D eigenvalue weighted by molar-refractivity contribution is 5.79. The maximum atomic E-state index is 12.7. The van der Waals surface area contributed by atoms with Crippen LogP contribution in [-0.4, -0.2) is 50.9 Å². The van der Waals surface area contributed by atoms with Crippen molar-refractivity contribution in [1.82, 2.24) is 25.2 Å². The van der Waals surface area contributed by atoms with E-state index in [2.05, 4.69) is 27.2 Å². The van der Waals surface area contributed by atoms with E-state index >= 15 is 0 Å². The quantitative estimate of drug-likeness (QED) is 0.865. The number of aromatic nitrogens is 3. The van der Waals surface area contributed by atoms with Crippen LogP contribution in [0.4, 0.5) is 0 Å². The molecule has 1 aliphatic rings. The number of amides is 1. The maximum Gasteiger partial charge on any atom is 0.255 e. The summed E-state index contributed by atoms with van der Waals surface area (Å²) in [4.78, 5) is 38.3. The normalized spacial score (nSPS) is 20.5. The predicted octanol–water partition coefficient (Wildman–Crippen LogP) is 0.892. The van der Waals surface area contributed by atoms with Crippen molar-refractivity contribution in [3.05, 3.63) is 46.1 Å². The SMILES string of the molecule is Cc1nc(-c2cccnc2)[nH]c(=O)c1CC(=O)N1CCNC(C)C1C. The molecule has 0 aliphatic carbocycles. The van der Waals surface area contributed by atoms with Crippen molar-refractivity contribution in [1.29, 1.82) is 0 Å². The fraction of sp³-hybridized carbons (Fsp3) is 0.444. The lowest BCUT2D eigenvalue weighted by molar-refractivity contribution is -0.134. The van der Waals surface area contributed by atoms with Gasteiger partial charge in [-0.05, 0) is 32.9 Å². The number of carbonyl (C=O) groups excluding carboxylic acids is 1. The van der Waals surface area contributed by atoms with E-state index in [-0.39, 0.29) is 30.0 Å². The predicted molar refractivity (Wildman–Crippen MR) is 95.2 cm³/mol. The van der Waals surface area contributed by atoms with E-state index in [9.17, 15) is 9.59 Å². The number of hydrogen-bond donors (Lipinski definition) is 2. The Bertz CT molecular complexity index is 818. The van der Waals surface area contributed by atoms with Gasteiger partial charge in [0, 0.05) is 54.4 Å². The Morgan fingerprint density at radius 3 is 2.88 bits per heavy atom. The van der Waals surface area contributed by atoms with Crippen molar-refractivity contribution < 1.29 is 4.79 Å². The van der Waals surface area contributed by atoms with Gasteiger partial charge >= 0.3 is 0 Å². The largest absolute Gasteiger partial charge is 0.337 e. The average Bonchev–Trinajstić information content (AvgIpc) is 2.61. The first-order valence-electron chi connectivity index (χ1n) is 8.50. The Hall–Kier alpha value is -2.54. The second kappa shape index (κ2) is 7.14. The van der Waals surface area contributed by atoms with Crippen molar-refractivity contribution in [3.8, 4) is 11.4 Å². The number of carbonyl (C=O) groups is 1. The third-order valence-corrected chi connectivity index (χ3v) is 4.84. The van der Waals surface area contributed by atoms with Gasteiger partial charge in [0.25, 0.3) is 5.56 Å². The lowest BCUT2D eigenvalue weighted by Crippen LogP contribution is -2.57. The molecule has 2 unspecified atom stereocenters. The third-order valence-electron chi connectivity index (χ3n) is 4.84. The molecular weight excluding hydrogens is 318 g/mol. The van der Waals surface area contributed by atoms with Gasteiger partial charge in [0.2, 0.25) is 5.91 Å². The first kappa shape index (κ1) is 17.3. The Balaban J connectivity index is 1.84. The molecule has 1 amide bonds. The van der Waals surface area contributed by atoms with Crippen LogP contribution in [0.1, 0.15) is 25.1 Å². The van der Waals surface area contributed by atoms with Crippen LogP contribution in [0, 0.1) is 6.92 Å². The summed E-state index contributed by atoms with van der Waals surface area (Å²) in [5.74, 6) is 0.432. The summed E-state index contributed by atoms with van der Waals surface area (Å²) in [6.45, 7) is 7.27. The van der Waals surface area contributed by atoms with Gasteiger partial charge in [-0.3, -0.25) is 14.6 Å². The van der Waals surface area contributed by atoms with E-state index in [1.807, 2.05) is 17.9 Å². The molecule has 3 heterocycles. The van der Waals surface area contributed by atoms with Gasteiger partial charge in [-0.1, -0.05) is 0 Å². The molecule has 2 N–H and O–H groups in total. The second-order valence-electron chi connectivity index (χ2n) is 6.47. The Morgan fingerprint density at radius 2 is 2.20 bits per heavy atom. The van der Waals surface area contributed by atoms with Crippen LogP contribution in [0.3, 0.4) is 0 Å². The molecule has 2 atom stereocenters. The van der Waals surface area contributed by atoms with E-state index in [1.54, 1.807) is 25.4 Å². The summed E-state index contributed by atoms with van der Waals surface area (Å²) < 4.78 is 0. The number of H-pyrrole nitrogens is 1. The van der Waals surface area contributed by atoms with E-state index < -0.39 is 0 Å². The van der Waals surface area contributed by atoms with Gasteiger partial charge in [0.05, 0.1) is 6.42 Å². The van der Waals surface area contributed by atoms with Crippen molar-refractivity contribution in [2.75, 3.05) is 13.1 Å². The molecule has 7 heteroatoms. The van der Waals surface area contributed by atoms with E-state index in [0.717, 1.165) is 12.1 Å². The van der Waals surface area contributed by atoms with Crippen LogP contribution in [0.25, 0.3) is 11.4 Å². The molecule has 1 saturated heterocycles. The van der Waals surface area contributed by atoms with E-state index in [1.165, 1.54) is 0 Å². The molecule has 0 saturated carbocycles. The van der Waals surface area contributed by atoms with E-state index in [0.29, 0.717) is 23.6 Å². The Morgan fingerprint density at radius 1 is 1.40 bits per heavy atom. The molecule has 3 rings (SSSR count). The lowest BCUT2D eigenvalue weighted by atomic mass is 10.0. The fourth-order valence-electron chi connectivity index (χ4n) is 3.12. The lowest BCUT2D eigenvalue weighted by Gasteiger charge is -2.38. The maximum absolute atomic E-state index is 12.7. The van der Waals surface area contributed by atoms with Crippen molar-refractivity contribution >= 4 is 5.91 Å². The number of aromatic amines is 1. The number of piperazine rings is 1. The summed E-state index contributed by atoms with van der Waals surface area (Å²) >= 11 is 0. The highest BCUT2D eigenvalue weighted by Crippen LogP contribution is 2.15. The Kier molecular flexibility index (Phi) is 4.94. The zero-order valence-electron chi connectivity index (χ0n) is 14.7. The average molecular weight is 341 g/mol. The summed E-state index contributed by atoms with van der Waals surface area (Å²) in [7, 11) is 0.